The molecule has 0 aromatic heterocycles. The molecule has 0 amide bonds. The van der Waals surface area contributed by atoms with Gasteiger partial charge in [0, 0.05) is 24.3 Å². The van der Waals surface area contributed by atoms with Crippen molar-refractivity contribution in [2.45, 2.75) is 33.3 Å². The normalized spacial score (nSPS) is 13.1. The predicted molar refractivity (Wildman–Crippen MR) is 169 cm³/mol. The topological polar surface area (TPSA) is 74.8 Å². The minimum atomic E-state index is -3.50. The van der Waals surface area contributed by atoms with Gasteiger partial charge in [0.25, 0.3) is 20.0 Å². The van der Waals surface area contributed by atoms with E-state index in [1.165, 1.54) is 8.61 Å². The number of anilines is 2. The Bertz CT molecular complexity index is 1630. The van der Waals surface area contributed by atoms with Crippen LogP contribution in [0.2, 0.25) is 0 Å². The number of sulfonamides is 2. The molecule has 6 nitrogen and oxygen atoms in total. The zero-order valence-electron chi connectivity index (χ0n) is 22.0. The summed E-state index contributed by atoms with van der Waals surface area (Å²) in [6.45, 7) is 0.541. The molecule has 1 aliphatic heterocycles. The first-order valence-electron chi connectivity index (χ1n) is 12.6. The number of halogens is 2. The lowest BCUT2D eigenvalue weighted by Crippen LogP contribution is -2.35. The molecule has 40 heavy (non-hydrogen) atoms. The van der Waals surface area contributed by atoms with Crippen LogP contribution in [0.15, 0.2) is 113 Å². The van der Waals surface area contributed by atoms with Crippen LogP contribution < -0.4 is 8.61 Å². The van der Waals surface area contributed by atoms with Crippen molar-refractivity contribution in [3.63, 3.8) is 0 Å². The summed E-state index contributed by atoms with van der Waals surface area (Å²) in [6, 6.07) is 30.7. The third-order valence-electron chi connectivity index (χ3n) is 6.59. The summed E-state index contributed by atoms with van der Waals surface area (Å²) in [7, 11) is -5.42. The van der Waals surface area contributed by atoms with Gasteiger partial charge >= 0.3 is 0 Å². The van der Waals surface area contributed by atoms with E-state index in [0.717, 1.165) is 40.5 Å². The van der Waals surface area contributed by atoms with Crippen molar-refractivity contribution in [1.82, 2.24) is 0 Å². The number of nitrogens with zero attached hydrogens (tertiary/aromatic N) is 2. The van der Waals surface area contributed by atoms with Crippen LogP contribution in [-0.2, 0) is 37.1 Å². The summed E-state index contributed by atoms with van der Waals surface area (Å²) in [5.74, 6) is 0. The van der Waals surface area contributed by atoms with Crippen molar-refractivity contribution < 1.29 is 16.8 Å². The Morgan fingerprint density at radius 3 is 1.80 bits per heavy atom. The van der Waals surface area contributed by atoms with Crippen LogP contribution in [-0.4, -0.2) is 30.4 Å². The van der Waals surface area contributed by atoms with Crippen LogP contribution >= 0.6 is 31.9 Å². The van der Waals surface area contributed by atoms with E-state index in [9.17, 15) is 16.8 Å². The lowest BCUT2D eigenvalue weighted by molar-refractivity contribution is 0.586. The van der Waals surface area contributed by atoms with E-state index in [1.54, 1.807) is 55.6 Å². The molecule has 4 aromatic rings. The van der Waals surface area contributed by atoms with Crippen molar-refractivity contribution in [1.29, 1.82) is 0 Å². The van der Waals surface area contributed by atoms with Gasteiger partial charge in [0.15, 0.2) is 0 Å². The van der Waals surface area contributed by atoms with E-state index in [4.69, 9.17) is 0 Å². The highest BCUT2D eigenvalue weighted by Gasteiger charge is 2.28. The second kappa shape index (κ2) is 13.3. The van der Waals surface area contributed by atoms with Crippen molar-refractivity contribution in [3.8, 4) is 0 Å². The summed E-state index contributed by atoms with van der Waals surface area (Å²) in [4.78, 5) is 0.646. The smallest absolute Gasteiger partial charge is 0.264 e. The van der Waals surface area contributed by atoms with Crippen LogP contribution in [0.5, 0.6) is 0 Å². The quantitative estimate of drug-likeness (QED) is 0.192. The molecule has 0 fully saturated rings. The average molecular weight is 707 g/mol. The maximum atomic E-state index is 12.9. The zero-order valence-corrected chi connectivity index (χ0v) is 26.8. The maximum Gasteiger partial charge on any atom is 0.264 e. The lowest BCUT2D eigenvalue weighted by Gasteiger charge is -2.30. The first kappa shape index (κ1) is 30.3. The van der Waals surface area contributed by atoms with Crippen LogP contribution in [0.1, 0.15) is 23.1 Å². The summed E-state index contributed by atoms with van der Waals surface area (Å²) in [6.07, 6.45) is 1.79. The lowest BCUT2D eigenvalue weighted by atomic mass is 10.0. The molecule has 1 heterocycles. The van der Waals surface area contributed by atoms with Gasteiger partial charge in [-0.1, -0.05) is 92.5 Å². The Morgan fingerprint density at radius 2 is 1.23 bits per heavy atom. The Kier molecular flexibility index (Phi) is 10.1. The molecule has 10 heteroatoms. The summed E-state index contributed by atoms with van der Waals surface area (Å²) < 4.78 is 53.4. The van der Waals surface area contributed by atoms with Gasteiger partial charge < -0.3 is 0 Å². The van der Waals surface area contributed by atoms with Gasteiger partial charge in [0.1, 0.15) is 0 Å². The monoisotopic (exact) mass is 704 g/mol. The Morgan fingerprint density at radius 1 is 0.700 bits per heavy atom. The van der Waals surface area contributed by atoms with Gasteiger partial charge in [0.2, 0.25) is 0 Å². The second-order valence-corrected chi connectivity index (χ2v) is 14.1. The highest BCUT2D eigenvalue weighted by molar-refractivity contribution is 9.08. The van der Waals surface area contributed by atoms with Gasteiger partial charge in [-0.15, -0.1) is 0 Å². The molecule has 0 radical (unpaired) electrons. The highest BCUT2D eigenvalue weighted by Crippen LogP contribution is 2.32. The Balaban J connectivity index is 0.000000186. The molecule has 1 aliphatic rings. The molecular formula is C30H30Br2N2O4S2. The molecule has 0 aliphatic carbocycles. The number of rotatable bonds is 7. The first-order chi connectivity index (χ1) is 19.2. The zero-order chi connectivity index (χ0) is 28.8. The molecule has 0 atom stereocenters. The van der Waals surface area contributed by atoms with Gasteiger partial charge in [-0.05, 0) is 72.0 Å². The molecule has 0 saturated heterocycles. The van der Waals surface area contributed by atoms with Gasteiger partial charge in [-0.25, -0.2) is 16.8 Å². The summed E-state index contributed by atoms with van der Waals surface area (Å²) >= 11 is 6.71. The molecule has 0 N–H and O–H groups in total. The minimum Gasteiger partial charge on any atom is -0.269 e. The van der Waals surface area contributed by atoms with E-state index in [2.05, 4.69) is 31.9 Å². The van der Waals surface area contributed by atoms with Crippen molar-refractivity contribution >= 4 is 63.3 Å². The number of alkyl halides is 2. The molecule has 0 unspecified atom stereocenters. The molecule has 0 bridgehead atoms. The van der Waals surface area contributed by atoms with Gasteiger partial charge in [0.05, 0.1) is 21.2 Å². The standard InChI is InChI=1S/C16H16BrNO2S.C14H14BrNO2S/c17-12-13-7-9-15(10-8-13)21(19,20)18-11-3-5-14-4-1-2-6-16(14)18;1-16(13-5-3-2-4-6-13)19(17,18)14-9-7-12(11-15)8-10-14/h1-2,4,6-10H,3,5,11-12H2;2-10H,11H2,1H3. The number of fused-ring (bicyclic) bond motifs is 1. The molecule has 4 aromatic carbocycles. The third kappa shape index (κ3) is 6.79. The number of hydrogen-bond donors (Lipinski definition) is 0. The number of benzene rings is 4. The van der Waals surface area contributed by atoms with Gasteiger partial charge in [-0.3, -0.25) is 8.61 Å². The van der Waals surface area contributed by atoms with Crippen molar-refractivity contribution in [2.24, 2.45) is 0 Å². The first-order valence-corrected chi connectivity index (χ1v) is 17.7. The Labute approximate surface area is 254 Å². The molecule has 0 spiro atoms. The fraction of sp³-hybridized carbons (Fsp3) is 0.200. The maximum absolute atomic E-state index is 12.9. The number of hydrogen-bond acceptors (Lipinski definition) is 4. The second-order valence-electron chi connectivity index (χ2n) is 9.17. The SMILES string of the molecule is CN(c1ccccc1)S(=O)(=O)c1ccc(CBr)cc1.O=S(=O)(c1ccc(CBr)cc1)N1CCCc2ccccc21. The van der Waals surface area contributed by atoms with E-state index >= 15 is 0 Å². The van der Waals surface area contributed by atoms with Crippen LogP contribution in [0.4, 0.5) is 11.4 Å². The number of para-hydroxylation sites is 2. The minimum absolute atomic E-state index is 0.295. The fourth-order valence-electron chi connectivity index (χ4n) is 4.31. The van der Waals surface area contributed by atoms with Gasteiger partial charge in [-0.2, -0.15) is 0 Å². The molecule has 5 rings (SSSR count). The van der Waals surface area contributed by atoms with E-state index in [1.807, 2.05) is 54.6 Å². The van der Waals surface area contributed by atoms with Crippen molar-refractivity contribution in [3.05, 3.63) is 120 Å². The highest BCUT2D eigenvalue weighted by atomic mass is 79.9. The van der Waals surface area contributed by atoms with Crippen LogP contribution in [0.3, 0.4) is 0 Å². The fourth-order valence-corrected chi connectivity index (χ4v) is 7.80. The Hall–Kier alpha value is -2.66. The summed E-state index contributed by atoms with van der Waals surface area (Å²) in [5, 5.41) is 1.43. The average Bonchev–Trinajstić information content (AvgIpc) is 3.01. The largest absolute Gasteiger partial charge is 0.269 e. The molecule has 210 valence electrons. The van der Waals surface area contributed by atoms with E-state index < -0.39 is 20.0 Å². The van der Waals surface area contributed by atoms with E-state index in [-0.39, 0.29) is 0 Å². The van der Waals surface area contributed by atoms with Crippen LogP contribution in [0, 0.1) is 0 Å². The predicted octanol–water partition coefficient (Wildman–Crippen LogP) is 7.13. The van der Waals surface area contributed by atoms with E-state index in [0.29, 0.717) is 27.4 Å². The summed E-state index contributed by atoms with van der Waals surface area (Å²) in [5.41, 5.74) is 4.67. The molecular weight excluding hydrogens is 676 g/mol. The third-order valence-corrected chi connectivity index (χ3v) is 11.5. The molecule has 0 saturated carbocycles. The van der Waals surface area contributed by atoms with Crippen molar-refractivity contribution in [2.75, 3.05) is 22.2 Å². The number of aryl methyl sites for hydroxylation is 1. The van der Waals surface area contributed by atoms with Crippen LogP contribution in [0.25, 0.3) is 0 Å².